The van der Waals surface area contributed by atoms with Crippen molar-refractivity contribution in [2.24, 2.45) is 5.73 Å². The first kappa shape index (κ1) is 14.0. The second kappa shape index (κ2) is 6.14. The first-order valence-electron chi connectivity index (χ1n) is 6.06. The van der Waals surface area contributed by atoms with E-state index in [1.165, 1.54) is 0 Å². The summed E-state index contributed by atoms with van der Waals surface area (Å²) in [7, 11) is 0. The maximum atomic E-state index is 6.22. The Labute approximate surface area is 116 Å². The van der Waals surface area contributed by atoms with Crippen molar-refractivity contribution in [3.63, 3.8) is 0 Å². The number of ether oxygens (including phenoxy) is 1. The smallest absolute Gasteiger partial charge is 0.259 e. The summed E-state index contributed by atoms with van der Waals surface area (Å²) in [6.07, 6.45) is 0. The highest BCUT2D eigenvalue weighted by atomic mass is 35.5. The largest absolute Gasteiger partial charge is 0.380 e. The number of hydrogen-bond acceptors (Lipinski definition) is 5. The molecule has 0 spiro atoms. The highest BCUT2D eigenvalue weighted by molar-refractivity contribution is 6.33. The van der Waals surface area contributed by atoms with Crippen molar-refractivity contribution >= 4 is 11.6 Å². The Bertz CT molecular complexity index is 557. The molecule has 5 nitrogen and oxygen atoms in total. The first-order chi connectivity index (χ1) is 9.13. The van der Waals surface area contributed by atoms with Crippen LogP contribution in [0.5, 0.6) is 0 Å². The molecule has 0 bridgehead atoms. The highest BCUT2D eigenvalue weighted by Crippen LogP contribution is 2.29. The van der Waals surface area contributed by atoms with Gasteiger partial charge in [0.25, 0.3) is 5.89 Å². The second-order valence-corrected chi connectivity index (χ2v) is 4.54. The lowest BCUT2D eigenvalue weighted by atomic mass is 10.1. The monoisotopic (exact) mass is 281 g/mol. The van der Waals surface area contributed by atoms with Crippen LogP contribution in [0.1, 0.15) is 24.4 Å². The summed E-state index contributed by atoms with van der Waals surface area (Å²) in [6, 6.07) is 5.24. The van der Waals surface area contributed by atoms with Crippen LogP contribution in [-0.4, -0.2) is 23.4 Å². The van der Waals surface area contributed by atoms with Crippen molar-refractivity contribution in [3.05, 3.63) is 34.6 Å². The summed E-state index contributed by atoms with van der Waals surface area (Å²) < 4.78 is 10.4. The van der Waals surface area contributed by atoms with Gasteiger partial charge in [-0.05, 0) is 25.5 Å². The van der Waals surface area contributed by atoms with Crippen LogP contribution in [0.15, 0.2) is 22.7 Å². The van der Waals surface area contributed by atoms with Crippen LogP contribution in [0.25, 0.3) is 11.5 Å². The maximum Gasteiger partial charge on any atom is 0.259 e. The molecule has 2 aromatic rings. The van der Waals surface area contributed by atoms with Crippen molar-refractivity contribution in [2.75, 3.05) is 13.2 Å². The van der Waals surface area contributed by atoms with E-state index in [0.717, 1.165) is 5.56 Å². The molecule has 0 saturated carbocycles. The zero-order valence-corrected chi connectivity index (χ0v) is 11.6. The van der Waals surface area contributed by atoms with Gasteiger partial charge >= 0.3 is 0 Å². The summed E-state index contributed by atoms with van der Waals surface area (Å²) in [6.45, 7) is 4.78. The Balaban J connectivity index is 2.23. The van der Waals surface area contributed by atoms with Crippen LogP contribution >= 0.6 is 11.6 Å². The molecule has 1 atom stereocenters. The van der Waals surface area contributed by atoms with Crippen LogP contribution in [0, 0.1) is 6.92 Å². The molecule has 2 rings (SSSR count). The van der Waals surface area contributed by atoms with Gasteiger partial charge in [0.15, 0.2) is 5.82 Å². The third-order valence-electron chi connectivity index (χ3n) is 2.70. The zero-order valence-electron chi connectivity index (χ0n) is 10.9. The maximum absolute atomic E-state index is 6.22. The fourth-order valence-corrected chi connectivity index (χ4v) is 1.83. The summed E-state index contributed by atoms with van der Waals surface area (Å²) in [5.74, 6) is 0.789. The molecule has 1 unspecified atom stereocenters. The van der Waals surface area contributed by atoms with E-state index in [1.807, 2.05) is 32.0 Å². The average molecular weight is 282 g/mol. The normalized spacial score (nSPS) is 12.6. The van der Waals surface area contributed by atoms with E-state index in [1.54, 1.807) is 0 Å². The number of aromatic nitrogens is 2. The molecular formula is C13H16ClN3O2. The number of nitrogens with zero attached hydrogens (tertiary/aromatic N) is 2. The van der Waals surface area contributed by atoms with Crippen LogP contribution in [0.3, 0.4) is 0 Å². The van der Waals surface area contributed by atoms with Crippen LogP contribution in [0.4, 0.5) is 0 Å². The van der Waals surface area contributed by atoms with Crippen molar-refractivity contribution in [1.82, 2.24) is 10.1 Å². The number of nitrogens with two attached hydrogens (primary N) is 1. The molecular weight excluding hydrogens is 266 g/mol. The number of aryl methyl sites for hydroxylation is 1. The van der Waals surface area contributed by atoms with Crippen molar-refractivity contribution in [1.29, 1.82) is 0 Å². The average Bonchev–Trinajstić information content (AvgIpc) is 2.88. The molecule has 1 heterocycles. The molecule has 0 fully saturated rings. The topological polar surface area (TPSA) is 74.2 Å². The van der Waals surface area contributed by atoms with Crippen LogP contribution in [0.2, 0.25) is 5.02 Å². The molecule has 0 radical (unpaired) electrons. The molecule has 0 aliphatic rings. The van der Waals surface area contributed by atoms with E-state index in [2.05, 4.69) is 10.1 Å². The molecule has 1 aromatic carbocycles. The number of hydrogen-bond donors (Lipinski definition) is 1. The van der Waals surface area contributed by atoms with Gasteiger partial charge in [0.1, 0.15) is 0 Å². The molecule has 19 heavy (non-hydrogen) atoms. The Hall–Kier alpha value is -1.43. The number of rotatable bonds is 5. The minimum absolute atomic E-state index is 0.358. The number of halogens is 1. The highest BCUT2D eigenvalue weighted by Gasteiger charge is 2.17. The molecule has 0 aliphatic heterocycles. The van der Waals surface area contributed by atoms with Crippen molar-refractivity contribution in [2.45, 2.75) is 19.9 Å². The summed E-state index contributed by atoms with van der Waals surface area (Å²) in [5.41, 5.74) is 7.57. The van der Waals surface area contributed by atoms with Gasteiger partial charge in [0.05, 0.1) is 23.2 Å². The van der Waals surface area contributed by atoms with Crippen LogP contribution in [-0.2, 0) is 4.74 Å². The Kier molecular flexibility index (Phi) is 4.52. The molecule has 0 amide bonds. The zero-order chi connectivity index (χ0) is 13.8. The predicted molar refractivity (Wildman–Crippen MR) is 72.9 cm³/mol. The third-order valence-corrected chi connectivity index (χ3v) is 3.20. The third kappa shape index (κ3) is 3.12. The van der Waals surface area contributed by atoms with E-state index in [0.29, 0.717) is 35.5 Å². The molecule has 6 heteroatoms. The van der Waals surface area contributed by atoms with Crippen molar-refractivity contribution < 1.29 is 9.26 Å². The lowest BCUT2D eigenvalue weighted by Crippen LogP contribution is -2.18. The molecule has 1 aromatic heterocycles. The molecule has 0 aliphatic carbocycles. The van der Waals surface area contributed by atoms with Gasteiger partial charge in [-0.15, -0.1) is 0 Å². The van der Waals surface area contributed by atoms with Gasteiger partial charge in [0.2, 0.25) is 0 Å². The molecule has 0 saturated heterocycles. The molecule has 102 valence electrons. The van der Waals surface area contributed by atoms with E-state index in [4.69, 9.17) is 26.6 Å². The van der Waals surface area contributed by atoms with E-state index in [-0.39, 0.29) is 0 Å². The van der Waals surface area contributed by atoms with Gasteiger partial charge in [-0.2, -0.15) is 4.98 Å². The van der Waals surface area contributed by atoms with Gasteiger partial charge in [-0.25, -0.2) is 0 Å². The minimum atomic E-state index is -0.402. The fraction of sp³-hybridized carbons (Fsp3) is 0.385. The van der Waals surface area contributed by atoms with Crippen molar-refractivity contribution in [3.8, 4) is 11.5 Å². The summed E-state index contributed by atoms with van der Waals surface area (Å²) in [4.78, 5) is 4.27. The van der Waals surface area contributed by atoms with E-state index >= 15 is 0 Å². The lowest BCUT2D eigenvalue weighted by molar-refractivity contribution is 0.130. The van der Waals surface area contributed by atoms with Crippen LogP contribution < -0.4 is 5.73 Å². The minimum Gasteiger partial charge on any atom is -0.380 e. The van der Waals surface area contributed by atoms with Gasteiger partial charge in [-0.3, -0.25) is 0 Å². The summed E-state index contributed by atoms with van der Waals surface area (Å²) >= 11 is 6.22. The Morgan fingerprint density at radius 1 is 1.47 bits per heavy atom. The Morgan fingerprint density at radius 3 is 3.00 bits per heavy atom. The van der Waals surface area contributed by atoms with E-state index in [9.17, 15) is 0 Å². The fourth-order valence-electron chi connectivity index (χ4n) is 1.63. The standard InChI is InChI=1S/C13H16ClN3O2/c1-3-18-7-10(15)12-16-13(19-17-12)9-6-4-5-8(2)11(9)14/h4-6,10H,3,7,15H2,1-2H3. The quantitative estimate of drug-likeness (QED) is 0.912. The second-order valence-electron chi connectivity index (χ2n) is 4.16. The lowest BCUT2D eigenvalue weighted by Gasteiger charge is -2.05. The van der Waals surface area contributed by atoms with E-state index < -0.39 is 6.04 Å². The SMILES string of the molecule is CCOCC(N)c1noc(-c2cccc(C)c2Cl)n1. The summed E-state index contributed by atoms with van der Waals surface area (Å²) in [5, 5.41) is 4.47. The van der Waals surface area contributed by atoms with Gasteiger partial charge < -0.3 is 15.0 Å². The molecule has 2 N–H and O–H groups in total. The number of benzene rings is 1. The Morgan fingerprint density at radius 2 is 2.26 bits per heavy atom. The van der Waals surface area contributed by atoms with Gasteiger partial charge in [0, 0.05) is 6.61 Å². The van der Waals surface area contributed by atoms with Gasteiger partial charge in [-0.1, -0.05) is 28.9 Å². The first-order valence-corrected chi connectivity index (χ1v) is 6.43. The predicted octanol–water partition coefficient (Wildman–Crippen LogP) is 2.73.